The van der Waals surface area contributed by atoms with Crippen molar-refractivity contribution in [1.82, 2.24) is 30.7 Å². The third-order valence-electron chi connectivity index (χ3n) is 25.3. The summed E-state index contributed by atoms with van der Waals surface area (Å²) in [6.45, 7) is 24.1. The lowest BCUT2D eigenvalue weighted by Gasteiger charge is -2.41. The predicted octanol–water partition coefficient (Wildman–Crippen LogP) is 6.08. The van der Waals surface area contributed by atoms with Crippen LogP contribution in [0.4, 0.5) is 14.4 Å². The fourth-order valence-electron chi connectivity index (χ4n) is 18.7. The van der Waals surface area contributed by atoms with Gasteiger partial charge in [-0.05, 0) is 199 Å². The third-order valence-corrected chi connectivity index (χ3v) is 25.3. The minimum absolute atomic E-state index is 0. The maximum absolute atomic E-state index is 12.9. The van der Waals surface area contributed by atoms with Crippen LogP contribution in [0.15, 0.2) is 139 Å². The van der Waals surface area contributed by atoms with Crippen LogP contribution in [0.25, 0.3) is 5.57 Å². The molecule has 6 heterocycles. The van der Waals surface area contributed by atoms with Crippen molar-refractivity contribution in [2.24, 2.45) is 16.2 Å². The molecule has 0 spiro atoms. The highest BCUT2D eigenvalue weighted by atomic mass is 16.6. The van der Waals surface area contributed by atoms with Gasteiger partial charge in [-0.2, -0.15) is 0 Å². The molecule has 6 atom stereocenters. The van der Waals surface area contributed by atoms with Crippen molar-refractivity contribution < 1.29 is 76.8 Å². The zero-order chi connectivity index (χ0) is 89.7. The molecule has 0 bridgehead atoms. The molecule has 635 valence electrons. The van der Waals surface area contributed by atoms with Crippen LogP contribution < -0.4 is 44.4 Å². The average molecular weight is 1680 g/mol. The van der Waals surface area contributed by atoms with Gasteiger partial charge < -0.3 is 78.6 Å². The SMILES string of the molecule is C.C.C.COc1ccc(C2=C(CO)CN(C(=O)OC(C)(C)C)C2)cc1.COc1ccc([C@]23CN(C(=O)OC(C)(C)C)C[C@@]2(CO)C3)cc1.COc1ccc([C@]23CN(C(=O)OC(C)(C)C)C[C@@]2(COc2ccc4c(c2)C(=O)NC4)C3)cc1.COc1ccc([C@]23CNC[C@@]2(COc2ccc4c(c2)C(=O)NC4)C3)cc1.[B][B]B([B])B(B(B([B])[B])B([B])[B])B(B([B])[B])B([B])[B]. The summed E-state index contributed by atoms with van der Waals surface area (Å²) in [5, 5.41) is 28.7. The number of methoxy groups -OCH3 is 4. The smallest absolute Gasteiger partial charge is 0.410 e. The third kappa shape index (κ3) is 22.8. The first-order chi connectivity index (χ1) is 58.0. The van der Waals surface area contributed by atoms with Crippen LogP contribution in [0.1, 0.15) is 158 Å². The summed E-state index contributed by atoms with van der Waals surface area (Å²) in [5.41, 5.74) is 7.79. The first-order valence-electron chi connectivity index (χ1n) is 41.6. The van der Waals surface area contributed by atoms with Crippen LogP contribution in [-0.2, 0) is 43.5 Å². The van der Waals surface area contributed by atoms with E-state index in [0.717, 1.165) is 100 Å². The number of rotatable bonds is 24. The van der Waals surface area contributed by atoms with E-state index in [1.54, 1.807) is 43.1 Å². The van der Waals surface area contributed by atoms with E-state index >= 15 is 0 Å². The Morgan fingerprint density at radius 2 is 0.794 bits per heavy atom. The highest BCUT2D eigenvalue weighted by Gasteiger charge is 2.75. The van der Waals surface area contributed by atoms with E-state index in [1.807, 2.05) is 172 Å². The van der Waals surface area contributed by atoms with Crippen LogP contribution in [0.2, 0.25) is 0 Å². The highest BCUT2D eigenvalue weighted by Crippen LogP contribution is 2.71. The van der Waals surface area contributed by atoms with Gasteiger partial charge in [-0.25, -0.2) is 14.4 Å². The van der Waals surface area contributed by atoms with Crippen molar-refractivity contribution in [3.8, 4) is 34.5 Å². The molecule has 21 radical (unpaired) electrons. The molecule has 41 heteroatoms. The van der Waals surface area contributed by atoms with Gasteiger partial charge in [-0.15, -0.1) is 0 Å². The second-order valence-electron chi connectivity index (χ2n) is 36.9. The molecule has 9 aliphatic rings. The zero-order valence-electron chi connectivity index (χ0n) is 73.1. The quantitative estimate of drug-likeness (QED) is 0.0340. The number of benzene rings is 6. The summed E-state index contributed by atoms with van der Waals surface area (Å²) in [7, 11) is 65.0. The average Bonchev–Trinajstić information content (AvgIpc) is 1.50. The topological polar surface area (TPSA) is 255 Å². The number of carbonyl (C=O) groups excluding carboxylic acids is 5. The summed E-state index contributed by atoms with van der Waals surface area (Å²) in [6.07, 6.45) is -3.71. The first-order valence-corrected chi connectivity index (χ1v) is 41.6. The molecule has 6 aliphatic heterocycles. The number of piperidine rings is 3. The number of hydrogen-bond acceptors (Lipinski definition) is 17. The largest absolute Gasteiger partial charge is 0.497 e. The molecule has 3 aliphatic carbocycles. The lowest BCUT2D eigenvalue weighted by Crippen LogP contribution is -2.79. The van der Waals surface area contributed by atoms with Gasteiger partial charge in [0.25, 0.3) is 11.8 Å². The molecule has 0 unspecified atom stereocenters. The van der Waals surface area contributed by atoms with Gasteiger partial charge in [0.05, 0.1) is 61.4 Å². The van der Waals surface area contributed by atoms with Crippen molar-refractivity contribution >= 4 is 171 Å². The molecule has 3 saturated carbocycles. The maximum atomic E-state index is 12.9. The Balaban J connectivity index is 0.000000197. The number of aliphatic hydroxyl groups is 2. The zero-order valence-corrected chi connectivity index (χ0v) is 73.1. The van der Waals surface area contributed by atoms with E-state index in [4.69, 9.17) is 120 Å². The number of fused-ring (bicyclic) bond motifs is 5. The van der Waals surface area contributed by atoms with Gasteiger partial charge in [0.2, 0.25) is 0 Å². The summed E-state index contributed by atoms with van der Waals surface area (Å²) < 4.78 is 49.9. The van der Waals surface area contributed by atoms with Crippen LogP contribution in [0, 0.1) is 16.2 Å². The van der Waals surface area contributed by atoms with E-state index in [9.17, 15) is 34.2 Å². The van der Waals surface area contributed by atoms with E-state index < -0.39 is 67.9 Å². The fourth-order valence-corrected chi connectivity index (χ4v) is 18.7. The highest BCUT2D eigenvalue weighted by molar-refractivity contribution is 8.18. The molecule has 0 aromatic heterocycles. The Bertz CT molecular complexity index is 4740. The van der Waals surface area contributed by atoms with E-state index in [2.05, 4.69) is 40.2 Å². The van der Waals surface area contributed by atoms with Gasteiger partial charge >= 0.3 is 18.3 Å². The number of nitrogens with zero attached hydrogens (tertiary/aromatic N) is 3. The summed E-state index contributed by atoms with van der Waals surface area (Å²) in [4.78, 5) is 66.4. The molecular weight excluding hydrogens is 1570 g/mol. The van der Waals surface area contributed by atoms with Crippen LogP contribution >= 0.6 is 0 Å². The Morgan fingerprint density at radius 1 is 0.444 bits per heavy atom. The molecular formula is C85H112B19N6O16. The molecule has 126 heavy (non-hydrogen) atoms. The maximum Gasteiger partial charge on any atom is 0.410 e. The van der Waals surface area contributed by atoms with Crippen LogP contribution in [0.5, 0.6) is 34.5 Å². The Labute approximate surface area is 765 Å². The molecule has 5 N–H and O–H groups in total. The molecule has 22 nitrogen and oxygen atoms in total. The summed E-state index contributed by atoms with van der Waals surface area (Å²) in [5.74, 6) is 4.64. The lowest BCUT2D eigenvalue weighted by molar-refractivity contribution is 0.0240. The minimum atomic E-state index is -0.837. The number of aliphatic hydroxyl groups excluding tert-OH is 2. The van der Waals surface area contributed by atoms with Gasteiger partial charge in [0.1, 0.15) is 51.3 Å². The van der Waals surface area contributed by atoms with Crippen molar-refractivity contribution in [3.63, 3.8) is 0 Å². The second-order valence-corrected chi connectivity index (χ2v) is 36.9. The first kappa shape index (κ1) is 103. The molecule has 3 saturated heterocycles. The van der Waals surface area contributed by atoms with E-state index in [-0.39, 0.29) is 98.1 Å². The normalized spacial score (nSPS) is 21.8. The Kier molecular flexibility index (Phi) is 34.1. The van der Waals surface area contributed by atoms with E-state index in [1.165, 1.54) is 18.2 Å². The fraction of sp³-hybridized carbons (Fsp3) is 0.494. The number of hydrogen-bond donors (Lipinski definition) is 5. The lowest BCUT2D eigenvalue weighted by atomic mass is 8.40. The van der Waals surface area contributed by atoms with Crippen molar-refractivity contribution in [1.29, 1.82) is 0 Å². The van der Waals surface area contributed by atoms with Crippen LogP contribution in [-0.4, -0.2) is 315 Å². The Hall–Kier alpha value is -8.28. The van der Waals surface area contributed by atoms with Crippen molar-refractivity contribution in [2.45, 2.75) is 150 Å². The van der Waals surface area contributed by atoms with Crippen LogP contribution in [0.3, 0.4) is 0 Å². The predicted molar refractivity (Wildman–Crippen MR) is 521 cm³/mol. The van der Waals surface area contributed by atoms with Gasteiger partial charge in [-0.3, -0.25) is 14.5 Å². The monoisotopic (exact) mass is 1680 g/mol. The number of nitrogens with one attached hydrogen (secondary N) is 3. The summed E-state index contributed by atoms with van der Waals surface area (Å²) in [6, 6.07) is 43.5. The van der Waals surface area contributed by atoms with Crippen molar-refractivity contribution in [2.75, 3.05) is 107 Å². The Morgan fingerprint density at radius 3 is 1.17 bits per heavy atom. The molecule has 5 amide bonds. The second kappa shape index (κ2) is 41.7. The summed E-state index contributed by atoms with van der Waals surface area (Å²) >= 11 is 0. The number of carbonyl (C=O) groups is 5. The number of amides is 5. The minimum Gasteiger partial charge on any atom is -0.497 e. The molecule has 6 aromatic rings. The molecule has 15 rings (SSSR count). The molecule has 6 aromatic carbocycles. The van der Waals surface area contributed by atoms with Gasteiger partial charge in [0.15, 0.2) is 0 Å². The number of likely N-dealkylation sites (tertiary alicyclic amines) is 2. The van der Waals surface area contributed by atoms with Crippen molar-refractivity contribution in [3.05, 3.63) is 184 Å². The standard InChI is InChI=1S/C26H30N2O5.C21H22N2O3.C18H25NO4.C17H23NO4.3CH4.B19/c1-24(2,3)33-23(30)28-14-25(13-26(25,15-28)18-6-9-19(31-4)10-7-18)16-32-20-8-5-17-12-27-22(29)21(17)11-20;1-25-16-6-3-15(4-7-16)21-10-20(21,11-22-12-21)13-26-17-5-2-14-9-23-19(24)18(14)8-17;1-16(2,3)23-15(21)19-10-17(12-20)9-18(17,11-19)13-5-7-14(22-4)8-6-13;1-17(2,3)22-16(20)18-9-13(11-19)15(10-18)12-5-7-14(21-4)8-6-12;;;;1-11-16(10)19(17(12(2)3)13(4)5)18(14(6)7)15(8)9/h5-11H,12-16H2,1-4H3,(H,27,29);2-8,22H,9-13H2,1H3,(H,23,24);5-8,20H,9-12H2,1-4H3;5-8,19H,9-11H2,1-4H3;3*1H4;/t25-,26+;20-,21+;17-,18+;;;;;/m111...../s1. The van der Waals surface area contributed by atoms with Gasteiger partial charge in [0, 0.05) is 238 Å². The van der Waals surface area contributed by atoms with E-state index in [0.29, 0.717) is 76.9 Å². The van der Waals surface area contributed by atoms with Gasteiger partial charge in [-0.1, -0.05) is 82.9 Å². The number of ether oxygens (including phenoxy) is 9. The molecule has 6 fully saturated rings.